The molecule has 0 fully saturated rings. The zero-order chi connectivity index (χ0) is 21.4. The van der Waals surface area contributed by atoms with Crippen molar-refractivity contribution in [3.63, 3.8) is 0 Å². The van der Waals surface area contributed by atoms with Crippen molar-refractivity contribution in [3.8, 4) is 5.75 Å². The van der Waals surface area contributed by atoms with Gasteiger partial charge in [-0.2, -0.15) is 0 Å². The van der Waals surface area contributed by atoms with E-state index in [1.807, 2.05) is 36.4 Å². The maximum atomic E-state index is 13.6. The molecule has 1 aliphatic carbocycles. The average Bonchev–Trinajstić information content (AvgIpc) is 2.96. The smallest absolute Gasteiger partial charge is 0.163 e. The maximum absolute atomic E-state index is 13.6. The number of Topliss-reactive ketones (excluding diaryl/α,β-unsaturated/α-hetero) is 1. The minimum Gasteiger partial charge on any atom is -0.497 e. The Hall–Kier alpha value is -3.53. The van der Waals surface area contributed by atoms with E-state index in [0.29, 0.717) is 6.42 Å². The van der Waals surface area contributed by atoms with Gasteiger partial charge < -0.3 is 15.4 Å². The number of methoxy groups -OCH3 is 1. The van der Waals surface area contributed by atoms with Gasteiger partial charge in [0.1, 0.15) is 5.75 Å². The number of fused-ring (bicyclic) bond motifs is 1. The molecule has 4 nitrogen and oxygen atoms in total. The van der Waals surface area contributed by atoms with Crippen LogP contribution in [0, 0.1) is 6.92 Å². The van der Waals surface area contributed by atoms with Crippen LogP contribution in [0.1, 0.15) is 41.5 Å². The van der Waals surface area contributed by atoms with Gasteiger partial charge in [0.15, 0.2) is 5.78 Å². The normalized spacial score (nSPS) is 20.1. The number of rotatable bonds is 3. The van der Waals surface area contributed by atoms with Crippen LogP contribution in [0.25, 0.3) is 0 Å². The Morgan fingerprint density at radius 1 is 0.871 bits per heavy atom. The van der Waals surface area contributed by atoms with E-state index in [4.69, 9.17) is 4.74 Å². The molecule has 5 rings (SSSR count). The van der Waals surface area contributed by atoms with Crippen LogP contribution in [0.3, 0.4) is 0 Å². The predicted octanol–water partition coefficient (Wildman–Crippen LogP) is 5.98. The molecule has 156 valence electrons. The van der Waals surface area contributed by atoms with Crippen LogP contribution >= 0.6 is 0 Å². The molecule has 1 heterocycles. The summed E-state index contributed by atoms with van der Waals surface area (Å²) in [6.45, 7) is 2.11. The third-order valence-electron chi connectivity index (χ3n) is 6.40. The molecule has 2 unspecified atom stereocenters. The number of nitrogens with one attached hydrogen (secondary N) is 2. The van der Waals surface area contributed by atoms with Gasteiger partial charge in [0, 0.05) is 17.7 Å². The Morgan fingerprint density at radius 3 is 2.32 bits per heavy atom. The van der Waals surface area contributed by atoms with Crippen molar-refractivity contribution >= 4 is 17.2 Å². The summed E-state index contributed by atoms with van der Waals surface area (Å²) in [5.41, 5.74) is 7.38. The fourth-order valence-electron chi connectivity index (χ4n) is 4.75. The van der Waals surface area contributed by atoms with Gasteiger partial charge in [-0.25, -0.2) is 0 Å². The first-order valence-corrected chi connectivity index (χ1v) is 10.7. The minimum atomic E-state index is -0.170. The van der Waals surface area contributed by atoms with Crippen molar-refractivity contribution < 1.29 is 9.53 Å². The summed E-state index contributed by atoms with van der Waals surface area (Å²) in [6.07, 6.45) is 1.30. The van der Waals surface area contributed by atoms with Gasteiger partial charge in [-0.1, -0.05) is 48.5 Å². The van der Waals surface area contributed by atoms with Crippen LogP contribution in [0.4, 0.5) is 11.4 Å². The molecular formula is C27H26N2O2. The molecule has 4 heteroatoms. The van der Waals surface area contributed by atoms with E-state index in [1.165, 1.54) is 11.1 Å². The highest BCUT2D eigenvalue weighted by atomic mass is 16.5. The standard InChI is InChI=1S/C27H26N2O2/c1-17-7-3-4-8-21(17)27-26-24(28-22-9-5-6-10-23(22)29-27)15-19(16-25(26)30)18-11-13-20(31-2)14-12-18/h3-14,19,27-29H,15-16H2,1-2H3. The monoisotopic (exact) mass is 410 g/mol. The van der Waals surface area contributed by atoms with Crippen molar-refractivity contribution in [2.24, 2.45) is 0 Å². The molecule has 0 saturated heterocycles. The van der Waals surface area contributed by atoms with Crippen molar-refractivity contribution in [2.45, 2.75) is 31.7 Å². The molecule has 0 spiro atoms. The minimum absolute atomic E-state index is 0.146. The fraction of sp³-hybridized carbons (Fsp3) is 0.222. The average molecular weight is 411 g/mol. The highest BCUT2D eigenvalue weighted by molar-refractivity contribution is 6.01. The second-order valence-corrected chi connectivity index (χ2v) is 8.30. The number of para-hydroxylation sites is 2. The molecule has 3 aromatic carbocycles. The van der Waals surface area contributed by atoms with Gasteiger partial charge in [0.05, 0.1) is 24.5 Å². The van der Waals surface area contributed by atoms with E-state index in [1.54, 1.807) is 7.11 Å². The molecule has 0 amide bonds. The first kappa shape index (κ1) is 19.4. The first-order chi connectivity index (χ1) is 15.1. The van der Waals surface area contributed by atoms with E-state index in [0.717, 1.165) is 40.4 Å². The van der Waals surface area contributed by atoms with E-state index in [9.17, 15) is 4.79 Å². The molecule has 2 atom stereocenters. The van der Waals surface area contributed by atoms with Crippen LogP contribution in [0.2, 0.25) is 0 Å². The SMILES string of the molecule is COc1ccc(C2CC(=O)C3=C(C2)Nc2ccccc2NC3c2ccccc2C)cc1. The fourth-order valence-corrected chi connectivity index (χ4v) is 4.75. The summed E-state index contributed by atoms with van der Waals surface area (Å²) in [4.78, 5) is 13.6. The number of ketones is 1. The summed E-state index contributed by atoms with van der Waals surface area (Å²) in [6, 6.07) is 24.4. The topological polar surface area (TPSA) is 50.4 Å². The second-order valence-electron chi connectivity index (χ2n) is 8.30. The molecule has 2 N–H and O–H groups in total. The molecule has 31 heavy (non-hydrogen) atoms. The van der Waals surface area contributed by atoms with Crippen molar-refractivity contribution in [1.82, 2.24) is 0 Å². The van der Waals surface area contributed by atoms with Crippen LogP contribution in [0.5, 0.6) is 5.75 Å². The Kier molecular flexibility index (Phi) is 4.99. The number of carbonyl (C=O) groups is 1. The lowest BCUT2D eigenvalue weighted by molar-refractivity contribution is -0.116. The van der Waals surface area contributed by atoms with Gasteiger partial charge in [0.2, 0.25) is 0 Å². The van der Waals surface area contributed by atoms with Crippen LogP contribution in [-0.2, 0) is 4.79 Å². The summed E-state index contributed by atoms with van der Waals surface area (Å²) in [7, 11) is 1.67. The third-order valence-corrected chi connectivity index (χ3v) is 6.40. The van der Waals surface area contributed by atoms with Crippen molar-refractivity contribution in [1.29, 1.82) is 0 Å². The van der Waals surface area contributed by atoms with Gasteiger partial charge in [-0.15, -0.1) is 0 Å². The van der Waals surface area contributed by atoms with Crippen molar-refractivity contribution in [3.05, 3.63) is 101 Å². The largest absolute Gasteiger partial charge is 0.497 e. The molecule has 1 aliphatic heterocycles. The molecule has 0 aromatic heterocycles. The Balaban J connectivity index is 1.59. The lowest BCUT2D eigenvalue weighted by atomic mass is 9.78. The Morgan fingerprint density at radius 2 is 1.58 bits per heavy atom. The summed E-state index contributed by atoms with van der Waals surface area (Å²) in [5.74, 6) is 1.17. The molecule has 0 radical (unpaired) electrons. The highest BCUT2D eigenvalue weighted by Gasteiger charge is 2.36. The number of anilines is 2. The van der Waals surface area contributed by atoms with Crippen LogP contribution in [0.15, 0.2) is 84.1 Å². The maximum Gasteiger partial charge on any atom is 0.163 e. The number of allylic oxidation sites excluding steroid dienone is 1. The lowest BCUT2D eigenvalue weighted by Gasteiger charge is -2.30. The van der Waals surface area contributed by atoms with Crippen molar-refractivity contribution in [2.75, 3.05) is 17.7 Å². The lowest BCUT2D eigenvalue weighted by Crippen LogP contribution is -2.27. The highest BCUT2D eigenvalue weighted by Crippen LogP contribution is 2.44. The predicted molar refractivity (Wildman–Crippen MR) is 125 cm³/mol. The number of hydrogen-bond acceptors (Lipinski definition) is 4. The van der Waals surface area contributed by atoms with Gasteiger partial charge in [-0.05, 0) is 60.2 Å². The Labute approximate surface area is 183 Å². The van der Waals surface area contributed by atoms with E-state index in [-0.39, 0.29) is 17.7 Å². The molecule has 0 saturated carbocycles. The zero-order valence-corrected chi connectivity index (χ0v) is 17.8. The quantitative estimate of drug-likeness (QED) is 0.557. The van der Waals surface area contributed by atoms with E-state index < -0.39 is 0 Å². The van der Waals surface area contributed by atoms with E-state index in [2.05, 4.69) is 54.0 Å². The summed E-state index contributed by atoms with van der Waals surface area (Å²) < 4.78 is 5.30. The summed E-state index contributed by atoms with van der Waals surface area (Å²) >= 11 is 0. The molecular weight excluding hydrogens is 384 g/mol. The number of hydrogen-bond donors (Lipinski definition) is 2. The van der Waals surface area contributed by atoms with Gasteiger partial charge >= 0.3 is 0 Å². The second kappa shape index (κ2) is 7.95. The zero-order valence-electron chi connectivity index (χ0n) is 17.8. The van der Waals surface area contributed by atoms with Gasteiger partial charge in [-0.3, -0.25) is 4.79 Å². The Bertz CT molecular complexity index is 1160. The molecule has 0 bridgehead atoms. The first-order valence-electron chi connectivity index (χ1n) is 10.7. The number of carbonyl (C=O) groups excluding carboxylic acids is 1. The number of aryl methyl sites for hydroxylation is 1. The van der Waals surface area contributed by atoms with Gasteiger partial charge in [0.25, 0.3) is 0 Å². The van der Waals surface area contributed by atoms with E-state index >= 15 is 0 Å². The third kappa shape index (κ3) is 3.59. The van der Waals surface area contributed by atoms with Crippen LogP contribution < -0.4 is 15.4 Å². The number of benzene rings is 3. The molecule has 3 aromatic rings. The number of ether oxygens (including phenoxy) is 1. The molecule has 2 aliphatic rings. The van der Waals surface area contributed by atoms with Crippen LogP contribution in [-0.4, -0.2) is 12.9 Å². The summed E-state index contributed by atoms with van der Waals surface area (Å²) in [5, 5.41) is 7.26.